The monoisotopic (exact) mass is 269 g/mol. The number of hydrogen-bond donors (Lipinski definition) is 1. The van der Waals surface area contributed by atoms with Gasteiger partial charge in [0.1, 0.15) is 5.75 Å². The summed E-state index contributed by atoms with van der Waals surface area (Å²) in [6, 6.07) is 8.56. The molecule has 4 heteroatoms. The van der Waals surface area contributed by atoms with Crippen molar-refractivity contribution >= 4 is 11.6 Å². The fraction of sp³-hybridized carbons (Fsp3) is 0.571. The zero-order valence-electron chi connectivity index (χ0n) is 10.7. The third kappa shape index (κ3) is 3.37. The van der Waals surface area contributed by atoms with Crippen molar-refractivity contribution in [1.29, 1.82) is 0 Å². The molecule has 1 aromatic rings. The average Bonchev–Trinajstić information content (AvgIpc) is 2.80. The molecule has 1 aromatic carbocycles. The number of fused-ring (bicyclic) bond motifs is 1. The Bertz CT molecular complexity index is 367. The first-order valence-electron chi connectivity index (χ1n) is 6.35. The first-order chi connectivity index (χ1) is 8.85. The Morgan fingerprint density at radius 1 is 1.50 bits per heavy atom. The number of ether oxygens (including phenoxy) is 2. The number of halogens is 1. The number of methoxy groups -OCH3 is 1. The summed E-state index contributed by atoms with van der Waals surface area (Å²) >= 11 is 5.79. The molecule has 0 aromatic heterocycles. The second-order valence-electron chi connectivity index (χ2n) is 4.58. The van der Waals surface area contributed by atoms with Crippen LogP contribution in [0.1, 0.15) is 17.9 Å². The molecule has 0 aliphatic carbocycles. The molecule has 0 amide bonds. The molecule has 100 valence electrons. The van der Waals surface area contributed by atoms with E-state index in [2.05, 4.69) is 17.4 Å². The minimum absolute atomic E-state index is 0.320. The van der Waals surface area contributed by atoms with Crippen LogP contribution < -0.4 is 10.1 Å². The van der Waals surface area contributed by atoms with Crippen molar-refractivity contribution in [2.45, 2.75) is 18.4 Å². The molecule has 0 radical (unpaired) electrons. The lowest BCUT2D eigenvalue weighted by Crippen LogP contribution is -2.36. The van der Waals surface area contributed by atoms with E-state index in [4.69, 9.17) is 21.1 Å². The highest BCUT2D eigenvalue weighted by Crippen LogP contribution is 2.32. The van der Waals surface area contributed by atoms with E-state index in [1.807, 2.05) is 12.1 Å². The molecule has 2 rings (SSSR count). The topological polar surface area (TPSA) is 30.5 Å². The van der Waals surface area contributed by atoms with E-state index in [0.29, 0.717) is 24.4 Å². The van der Waals surface area contributed by atoms with Crippen molar-refractivity contribution in [3.63, 3.8) is 0 Å². The molecule has 1 aliphatic rings. The lowest BCUT2D eigenvalue weighted by molar-refractivity contribution is 0.163. The molecule has 1 N–H and O–H groups in total. The van der Waals surface area contributed by atoms with E-state index in [-0.39, 0.29) is 0 Å². The number of nitrogens with one attached hydrogen (secondary N) is 1. The van der Waals surface area contributed by atoms with Crippen LogP contribution in [0.4, 0.5) is 0 Å². The van der Waals surface area contributed by atoms with E-state index in [0.717, 1.165) is 25.3 Å². The third-order valence-electron chi connectivity index (χ3n) is 3.28. The van der Waals surface area contributed by atoms with Crippen molar-refractivity contribution in [2.24, 2.45) is 0 Å². The number of benzene rings is 1. The highest BCUT2D eigenvalue weighted by molar-refractivity contribution is 6.17. The molecule has 3 nitrogen and oxygen atoms in total. The SMILES string of the molecule is COCC(CCCl)NCC1COc2ccccc21. The molecule has 18 heavy (non-hydrogen) atoms. The Hall–Kier alpha value is -0.770. The van der Waals surface area contributed by atoms with Gasteiger partial charge in [-0.05, 0) is 12.5 Å². The number of hydrogen-bond acceptors (Lipinski definition) is 3. The smallest absolute Gasteiger partial charge is 0.122 e. The number of rotatable bonds is 7. The lowest BCUT2D eigenvalue weighted by atomic mass is 10.0. The maximum absolute atomic E-state index is 5.79. The largest absolute Gasteiger partial charge is 0.493 e. The Morgan fingerprint density at radius 2 is 2.33 bits per heavy atom. The van der Waals surface area contributed by atoms with Crippen molar-refractivity contribution < 1.29 is 9.47 Å². The molecule has 0 bridgehead atoms. The summed E-state index contributed by atoms with van der Waals surface area (Å²) in [4.78, 5) is 0. The van der Waals surface area contributed by atoms with Gasteiger partial charge >= 0.3 is 0 Å². The van der Waals surface area contributed by atoms with Crippen LogP contribution in [0.25, 0.3) is 0 Å². The summed E-state index contributed by atoms with van der Waals surface area (Å²) in [6.07, 6.45) is 0.921. The molecular formula is C14H20ClNO2. The minimum Gasteiger partial charge on any atom is -0.493 e. The Labute approximate surface area is 113 Å². The van der Waals surface area contributed by atoms with Gasteiger partial charge in [-0.25, -0.2) is 0 Å². The summed E-state index contributed by atoms with van der Waals surface area (Å²) in [5.41, 5.74) is 1.30. The minimum atomic E-state index is 0.320. The van der Waals surface area contributed by atoms with Crippen LogP contribution in [0.2, 0.25) is 0 Å². The molecule has 2 unspecified atom stereocenters. The maximum atomic E-state index is 5.79. The van der Waals surface area contributed by atoms with Crippen LogP contribution in [-0.4, -0.2) is 38.8 Å². The molecule has 2 atom stereocenters. The van der Waals surface area contributed by atoms with Gasteiger partial charge in [0.05, 0.1) is 13.2 Å². The summed E-state index contributed by atoms with van der Waals surface area (Å²) in [7, 11) is 1.72. The zero-order chi connectivity index (χ0) is 12.8. The Morgan fingerprint density at radius 3 is 3.11 bits per heavy atom. The van der Waals surface area contributed by atoms with Gasteiger partial charge in [-0.3, -0.25) is 0 Å². The molecule has 1 aliphatic heterocycles. The summed E-state index contributed by atoms with van der Waals surface area (Å²) in [6.45, 7) is 2.36. The van der Waals surface area contributed by atoms with Crippen LogP contribution in [0.15, 0.2) is 24.3 Å². The third-order valence-corrected chi connectivity index (χ3v) is 3.50. The van der Waals surface area contributed by atoms with Gasteiger partial charge in [-0.1, -0.05) is 18.2 Å². The van der Waals surface area contributed by atoms with Gasteiger partial charge in [0, 0.05) is 37.1 Å². The van der Waals surface area contributed by atoms with Crippen LogP contribution in [0.3, 0.4) is 0 Å². The average molecular weight is 270 g/mol. The summed E-state index contributed by atoms with van der Waals surface area (Å²) in [5.74, 6) is 2.10. The van der Waals surface area contributed by atoms with E-state index < -0.39 is 0 Å². The maximum Gasteiger partial charge on any atom is 0.122 e. The van der Waals surface area contributed by atoms with E-state index >= 15 is 0 Å². The Balaban J connectivity index is 1.87. The van der Waals surface area contributed by atoms with E-state index in [1.165, 1.54) is 5.56 Å². The fourth-order valence-electron chi connectivity index (χ4n) is 2.28. The highest BCUT2D eigenvalue weighted by atomic mass is 35.5. The second-order valence-corrected chi connectivity index (χ2v) is 4.96. The standard InChI is InChI=1S/C14H20ClNO2/c1-17-10-12(6-7-15)16-8-11-9-18-14-5-3-2-4-13(11)14/h2-5,11-12,16H,6-10H2,1H3. The highest BCUT2D eigenvalue weighted by Gasteiger charge is 2.24. The molecule has 1 heterocycles. The van der Waals surface area contributed by atoms with Crippen LogP contribution in [-0.2, 0) is 4.74 Å². The molecule has 0 saturated carbocycles. The summed E-state index contributed by atoms with van der Waals surface area (Å²) in [5, 5.41) is 3.51. The molecule has 0 fully saturated rings. The van der Waals surface area contributed by atoms with Gasteiger partial charge in [0.2, 0.25) is 0 Å². The van der Waals surface area contributed by atoms with Gasteiger partial charge in [-0.15, -0.1) is 11.6 Å². The van der Waals surface area contributed by atoms with Gasteiger partial charge in [0.15, 0.2) is 0 Å². The van der Waals surface area contributed by atoms with E-state index in [1.54, 1.807) is 7.11 Å². The number of alkyl halides is 1. The normalized spacial score (nSPS) is 19.3. The lowest BCUT2D eigenvalue weighted by Gasteiger charge is -2.19. The molecule has 0 saturated heterocycles. The van der Waals surface area contributed by atoms with Crippen LogP contribution in [0.5, 0.6) is 5.75 Å². The van der Waals surface area contributed by atoms with Gasteiger partial charge < -0.3 is 14.8 Å². The van der Waals surface area contributed by atoms with Crippen molar-refractivity contribution in [3.8, 4) is 5.75 Å². The first-order valence-corrected chi connectivity index (χ1v) is 6.88. The fourth-order valence-corrected chi connectivity index (χ4v) is 2.55. The van der Waals surface area contributed by atoms with Crippen molar-refractivity contribution in [2.75, 3.05) is 32.7 Å². The quantitative estimate of drug-likeness (QED) is 0.771. The summed E-state index contributed by atoms with van der Waals surface area (Å²) < 4.78 is 10.9. The predicted molar refractivity (Wildman–Crippen MR) is 73.7 cm³/mol. The van der Waals surface area contributed by atoms with Gasteiger partial charge in [-0.2, -0.15) is 0 Å². The molecular weight excluding hydrogens is 250 g/mol. The van der Waals surface area contributed by atoms with Crippen molar-refractivity contribution in [1.82, 2.24) is 5.32 Å². The van der Waals surface area contributed by atoms with Gasteiger partial charge in [0.25, 0.3) is 0 Å². The first kappa shape index (κ1) is 13.7. The van der Waals surface area contributed by atoms with Crippen LogP contribution in [0, 0.1) is 0 Å². The van der Waals surface area contributed by atoms with Crippen LogP contribution >= 0.6 is 11.6 Å². The number of para-hydroxylation sites is 1. The van der Waals surface area contributed by atoms with E-state index in [9.17, 15) is 0 Å². The predicted octanol–water partition coefficient (Wildman–Crippen LogP) is 2.40. The van der Waals surface area contributed by atoms with Crippen molar-refractivity contribution in [3.05, 3.63) is 29.8 Å². The molecule has 0 spiro atoms. The second kappa shape index (κ2) is 6.98. The Kier molecular flexibility index (Phi) is 5.29. The zero-order valence-corrected chi connectivity index (χ0v) is 11.5.